The average Bonchev–Trinajstić information content (AvgIpc) is 3.37. The molecule has 0 spiro atoms. The van der Waals surface area contributed by atoms with Crippen molar-refractivity contribution in [1.29, 1.82) is 0 Å². The first kappa shape index (κ1) is 20.7. The van der Waals surface area contributed by atoms with Crippen molar-refractivity contribution in [2.75, 3.05) is 31.5 Å². The molecule has 3 aromatic rings. The third-order valence-electron chi connectivity index (χ3n) is 5.31. The summed E-state index contributed by atoms with van der Waals surface area (Å²) in [6.07, 6.45) is 0. The number of aryl methyl sites for hydroxylation is 1. The first-order valence-corrected chi connectivity index (χ1v) is 10.9. The number of anilines is 1. The molecule has 6 nitrogen and oxygen atoms in total. The molecule has 0 unspecified atom stereocenters. The van der Waals surface area contributed by atoms with Crippen LogP contribution in [0.1, 0.15) is 18.4 Å². The molecule has 1 aliphatic heterocycles. The van der Waals surface area contributed by atoms with Gasteiger partial charge in [-0.3, -0.25) is 14.6 Å². The summed E-state index contributed by atoms with van der Waals surface area (Å²) in [6, 6.07) is 9.59. The van der Waals surface area contributed by atoms with Crippen LogP contribution in [0.2, 0.25) is 0 Å². The standard InChI is InChI=1S/C22H25FN4O2S/c1-15-6-7-20(29-15)22-25-19(14-30-22)13-26-8-10-27(11-9-26)16(2)21(28)24-18-5-3-4-17(23)12-18/h3-7,12,14,16H,8-11,13H2,1-2H3,(H,24,28)/t16-/m0/s1. The molecular formula is C22H25FN4O2S. The van der Waals surface area contributed by atoms with Gasteiger partial charge in [-0.05, 0) is 44.2 Å². The quantitative estimate of drug-likeness (QED) is 0.643. The van der Waals surface area contributed by atoms with Gasteiger partial charge in [0.25, 0.3) is 0 Å². The lowest BCUT2D eigenvalue weighted by atomic mass is 10.2. The summed E-state index contributed by atoms with van der Waals surface area (Å²) < 4.78 is 19.0. The summed E-state index contributed by atoms with van der Waals surface area (Å²) in [7, 11) is 0. The molecule has 0 aliphatic carbocycles. The monoisotopic (exact) mass is 428 g/mol. The summed E-state index contributed by atoms with van der Waals surface area (Å²) in [5.74, 6) is 1.22. The number of nitrogens with one attached hydrogen (secondary N) is 1. The molecule has 1 aliphatic rings. The zero-order valence-corrected chi connectivity index (χ0v) is 17.9. The van der Waals surface area contributed by atoms with E-state index in [-0.39, 0.29) is 17.8 Å². The van der Waals surface area contributed by atoms with Gasteiger partial charge in [0.1, 0.15) is 11.6 Å². The number of thiazole rings is 1. The topological polar surface area (TPSA) is 61.6 Å². The van der Waals surface area contributed by atoms with E-state index in [2.05, 4.69) is 20.5 Å². The van der Waals surface area contributed by atoms with Gasteiger partial charge in [-0.25, -0.2) is 9.37 Å². The molecule has 1 amide bonds. The summed E-state index contributed by atoms with van der Waals surface area (Å²) >= 11 is 1.59. The Morgan fingerprint density at radius 3 is 2.77 bits per heavy atom. The number of furan rings is 1. The maximum absolute atomic E-state index is 13.3. The number of piperazine rings is 1. The van der Waals surface area contributed by atoms with Gasteiger partial charge in [-0.2, -0.15) is 0 Å². The highest BCUT2D eigenvalue weighted by molar-refractivity contribution is 7.13. The van der Waals surface area contributed by atoms with Crippen molar-refractivity contribution >= 4 is 22.9 Å². The van der Waals surface area contributed by atoms with Gasteiger partial charge in [-0.1, -0.05) is 6.07 Å². The molecule has 158 valence electrons. The molecule has 8 heteroatoms. The smallest absolute Gasteiger partial charge is 0.241 e. The first-order valence-electron chi connectivity index (χ1n) is 10.0. The van der Waals surface area contributed by atoms with Gasteiger partial charge >= 0.3 is 0 Å². The minimum atomic E-state index is -0.360. The molecule has 3 heterocycles. The molecule has 1 N–H and O–H groups in total. The molecule has 0 saturated carbocycles. The number of carbonyl (C=O) groups is 1. The summed E-state index contributed by atoms with van der Waals surface area (Å²) in [6.45, 7) is 7.93. The number of hydrogen-bond acceptors (Lipinski definition) is 6. The van der Waals surface area contributed by atoms with Gasteiger partial charge in [0.15, 0.2) is 10.8 Å². The molecular weight excluding hydrogens is 403 g/mol. The van der Waals surface area contributed by atoms with Gasteiger partial charge in [-0.15, -0.1) is 11.3 Å². The van der Waals surface area contributed by atoms with Crippen LogP contribution in [-0.4, -0.2) is 52.9 Å². The number of halogens is 1. The van der Waals surface area contributed by atoms with E-state index in [4.69, 9.17) is 9.40 Å². The fourth-order valence-electron chi connectivity index (χ4n) is 3.56. The van der Waals surface area contributed by atoms with Crippen LogP contribution in [0, 0.1) is 12.7 Å². The number of hydrogen-bond donors (Lipinski definition) is 1. The Balaban J connectivity index is 1.27. The van der Waals surface area contributed by atoms with E-state index in [1.807, 2.05) is 26.0 Å². The highest BCUT2D eigenvalue weighted by Gasteiger charge is 2.26. The molecule has 1 atom stereocenters. The number of aromatic nitrogens is 1. The SMILES string of the molecule is Cc1ccc(-c2nc(CN3CCN([C@@H](C)C(=O)Nc4cccc(F)c4)CC3)cs2)o1. The second-order valence-electron chi connectivity index (χ2n) is 7.54. The predicted octanol–water partition coefficient (Wildman–Crippen LogP) is 4.00. The minimum absolute atomic E-state index is 0.119. The Morgan fingerprint density at radius 1 is 1.27 bits per heavy atom. The van der Waals surface area contributed by atoms with Crippen LogP contribution >= 0.6 is 11.3 Å². The van der Waals surface area contributed by atoms with Crippen molar-refractivity contribution in [3.63, 3.8) is 0 Å². The highest BCUT2D eigenvalue weighted by atomic mass is 32.1. The van der Waals surface area contributed by atoms with E-state index in [1.54, 1.807) is 23.5 Å². The van der Waals surface area contributed by atoms with E-state index >= 15 is 0 Å². The second-order valence-corrected chi connectivity index (χ2v) is 8.40. The number of rotatable bonds is 6. The Hall–Kier alpha value is -2.55. The molecule has 0 radical (unpaired) electrons. The zero-order valence-electron chi connectivity index (χ0n) is 17.1. The fourth-order valence-corrected chi connectivity index (χ4v) is 4.33. The van der Waals surface area contributed by atoms with E-state index in [0.29, 0.717) is 5.69 Å². The third-order valence-corrected chi connectivity index (χ3v) is 6.22. The van der Waals surface area contributed by atoms with E-state index in [0.717, 1.165) is 54.9 Å². The Bertz CT molecular complexity index is 1010. The van der Waals surface area contributed by atoms with Crippen LogP contribution in [0.25, 0.3) is 10.8 Å². The first-order chi connectivity index (χ1) is 14.5. The maximum atomic E-state index is 13.3. The van der Waals surface area contributed by atoms with Gasteiger partial charge in [0.05, 0.1) is 11.7 Å². The van der Waals surface area contributed by atoms with E-state index in [9.17, 15) is 9.18 Å². The lowest BCUT2D eigenvalue weighted by Crippen LogP contribution is -2.52. The summed E-state index contributed by atoms with van der Waals surface area (Å²) in [5.41, 5.74) is 1.52. The van der Waals surface area contributed by atoms with Gasteiger partial charge in [0.2, 0.25) is 5.91 Å². The summed E-state index contributed by atoms with van der Waals surface area (Å²) in [4.78, 5) is 21.7. The van der Waals surface area contributed by atoms with Crippen LogP contribution in [0.15, 0.2) is 46.2 Å². The Morgan fingerprint density at radius 2 is 2.07 bits per heavy atom. The van der Waals surface area contributed by atoms with Crippen molar-refractivity contribution in [3.8, 4) is 10.8 Å². The zero-order chi connectivity index (χ0) is 21.1. The molecule has 2 aromatic heterocycles. The predicted molar refractivity (Wildman–Crippen MR) is 116 cm³/mol. The molecule has 4 rings (SSSR count). The van der Waals surface area contributed by atoms with Crippen LogP contribution in [-0.2, 0) is 11.3 Å². The molecule has 1 aromatic carbocycles. The average molecular weight is 429 g/mol. The highest BCUT2D eigenvalue weighted by Crippen LogP contribution is 2.26. The number of amides is 1. The second kappa shape index (κ2) is 9.07. The number of benzene rings is 1. The van der Waals surface area contributed by atoms with Crippen molar-refractivity contribution in [1.82, 2.24) is 14.8 Å². The van der Waals surface area contributed by atoms with Crippen molar-refractivity contribution < 1.29 is 13.6 Å². The fraction of sp³-hybridized carbons (Fsp3) is 0.364. The Labute approximate surface area is 179 Å². The lowest BCUT2D eigenvalue weighted by Gasteiger charge is -2.37. The number of nitrogens with zero attached hydrogens (tertiary/aromatic N) is 3. The van der Waals surface area contributed by atoms with E-state index in [1.165, 1.54) is 12.1 Å². The molecule has 0 bridgehead atoms. The molecule has 30 heavy (non-hydrogen) atoms. The van der Waals surface area contributed by atoms with Crippen LogP contribution in [0.5, 0.6) is 0 Å². The van der Waals surface area contributed by atoms with Crippen molar-refractivity contribution in [2.24, 2.45) is 0 Å². The van der Waals surface area contributed by atoms with Crippen molar-refractivity contribution in [2.45, 2.75) is 26.4 Å². The molecule has 1 fully saturated rings. The van der Waals surface area contributed by atoms with E-state index < -0.39 is 0 Å². The largest absolute Gasteiger partial charge is 0.459 e. The summed E-state index contributed by atoms with van der Waals surface area (Å²) in [5, 5.41) is 5.78. The normalized spacial score (nSPS) is 16.5. The van der Waals surface area contributed by atoms with Crippen LogP contribution in [0.3, 0.4) is 0 Å². The number of carbonyl (C=O) groups excluding carboxylic acids is 1. The Kier molecular flexibility index (Phi) is 6.26. The van der Waals surface area contributed by atoms with Crippen LogP contribution in [0.4, 0.5) is 10.1 Å². The third kappa shape index (κ3) is 4.95. The van der Waals surface area contributed by atoms with Crippen molar-refractivity contribution in [3.05, 3.63) is 59.0 Å². The minimum Gasteiger partial charge on any atom is -0.459 e. The molecule has 1 saturated heterocycles. The van der Waals surface area contributed by atoms with Gasteiger partial charge < -0.3 is 9.73 Å². The van der Waals surface area contributed by atoms with Gasteiger partial charge in [0, 0.05) is 43.8 Å². The maximum Gasteiger partial charge on any atom is 0.241 e. The van der Waals surface area contributed by atoms with Crippen LogP contribution < -0.4 is 5.32 Å². The lowest BCUT2D eigenvalue weighted by molar-refractivity contribution is -0.121.